The van der Waals surface area contributed by atoms with E-state index < -0.39 is 0 Å². The molecule has 1 aromatic heterocycles. The Bertz CT molecular complexity index is 595. The molecule has 0 bridgehead atoms. The third kappa shape index (κ3) is 2.03. The predicted octanol–water partition coefficient (Wildman–Crippen LogP) is 2.50. The van der Waals surface area contributed by atoms with Crippen molar-refractivity contribution in [3.05, 3.63) is 30.1 Å². The molecule has 0 saturated heterocycles. The Balaban J connectivity index is 1.90. The molecule has 1 atom stereocenters. The summed E-state index contributed by atoms with van der Waals surface area (Å²) in [5.74, 6) is 1.07. The molecule has 0 radical (unpaired) electrons. The van der Waals surface area contributed by atoms with Gasteiger partial charge >= 0.3 is 0 Å². The van der Waals surface area contributed by atoms with Crippen molar-refractivity contribution in [1.82, 2.24) is 9.55 Å². The average molecular weight is 273 g/mol. The molecule has 0 amide bonds. The fourth-order valence-electron chi connectivity index (χ4n) is 3.27. The minimum atomic E-state index is -0.128. The first-order valence-electron chi connectivity index (χ1n) is 7.45. The van der Waals surface area contributed by atoms with Gasteiger partial charge in [0.25, 0.3) is 0 Å². The van der Waals surface area contributed by atoms with E-state index in [0.717, 1.165) is 37.1 Å². The van der Waals surface area contributed by atoms with Crippen molar-refractivity contribution >= 4 is 11.0 Å². The number of ether oxygens (including phenoxy) is 1. The van der Waals surface area contributed by atoms with E-state index in [9.17, 15) is 0 Å². The van der Waals surface area contributed by atoms with Gasteiger partial charge in [0.15, 0.2) is 0 Å². The lowest BCUT2D eigenvalue weighted by Crippen LogP contribution is -2.55. The van der Waals surface area contributed by atoms with Gasteiger partial charge < -0.3 is 15.0 Å². The number of hydrogen-bond acceptors (Lipinski definition) is 3. The minimum Gasteiger partial charge on any atom is -0.377 e. The Morgan fingerprint density at radius 3 is 2.75 bits per heavy atom. The fraction of sp³-hybridized carbons (Fsp3) is 0.562. The highest BCUT2D eigenvalue weighted by Gasteiger charge is 2.43. The number of hydrogen-bond donors (Lipinski definition) is 1. The van der Waals surface area contributed by atoms with E-state index in [4.69, 9.17) is 15.5 Å². The number of benzene rings is 1. The maximum atomic E-state index is 6.42. The predicted molar refractivity (Wildman–Crippen MR) is 80.7 cm³/mol. The second-order valence-electron chi connectivity index (χ2n) is 5.69. The average Bonchev–Trinajstić information content (AvgIpc) is 2.75. The molecule has 1 heterocycles. The van der Waals surface area contributed by atoms with Crippen LogP contribution in [0.15, 0.2) is 24.3 Å². The number of imidazole rings is 1. The molecule has 1 aliphatic carbocycles. The van der Waals surface area contributed by atoms with Gasteiger partial charge in [-0.15, -0.1) is 0 Å². The number of rotatable bonds is 5. The van der Waals surface area contributed by atoms with E-state index in [1.807, 2.05) is 6.07 Å². The van der Waals surface area contributed by atoms with E-state index >= 15 is 0 Å². The van der Waals surface area contributed by atoms with Crippen LogP contribution in [0.25, 0.3) is 11.0 Å². The van der Waals surface area contributed by atoms with E-state index in [-0.39, 0.29) is 11.6 Å². The van der Waals surface area contributed by atoms with Crippen molar-refractivity contribution in [2.45, 2.75) is 50.8 Å². The monoisotopic (exact) mass is 273 g/mol. The second-order valence-corrected chi connectivity index (χ2v) is 5.69. The number of nitrogens with two attached hydrogens (primary N) is 1. The highest BCUT2D eigenvalue weighted by Crippen LogP contribution is 2.38. The maximum Gasteiger partial charge on any atom is 0.111 e. The van der Waals surface area contributed by atoms with Crippen LogP contribution in [0.1, 0.15) is 32.0 Å². The molecule has 1 fully saturated rings. The van der Waals surface area contributed by atoms with Crippen LogP contribution in [0, 0.1) is 0 Å². The first-order valence-corrected chi connectivity index (χ1v) is 7.45. The van der Waals surface area contributed by atoms with Crippen molar-refractivity contribution in [2.75, 3.05) is 7.11 Å². The molecule has 4 heteroatoms. The van der Waals surface area contributed by atoms with E-state index in [1.165, 1.54) is 11.9 Å². The molecule has 1 unspecified atom stereocenters. The van der Waals surface area contributed by atoms with Crippen molar-refractivity contribution in [1.29, 1.82) is 0 Å². The summed E-state index contributed by atoms with van der Waals surface area (Å²) in [6.07, 6.45) is 4.12. The molecule has 1 saturated carbocycles. The zero-order valence-corrected chi connectivity index (χ0v) is 12.3. The summed E-state index contributed by atoms with van der Waals surface area (Å²) < 4.78 is 7.95. The van der Waals surface area contributed by atoms with Crippen molar-refractivity contribution < 1.29 is 4.74 Å². The van der Waals surface area contributed by atoms with Crippen molar-refractivity contribution in [2.24, 2.45) is 5.73 Å². The lowest BCUT2D eigenvalue weighted by atomic mass is 9.73. The molecule has 4 nitrogen and oxygen atoms in total. The molecule has 1 aromatic carbocycles. The normalized spacial score (nSPS) is 18.9. The smallest absolute Gasteiger partial charge is 0.111 e. The maximum absolute atomic E-state index is 6.42. The number of methoxy groups -OCH3 is 1. The van der Waals surface area contributed by atoms with E-state index in [1.54, 1.807) is 7.11 Å². The van der Waals surface area contributed by atoms with Gasteiger partial charge in [0.05, 0.1) is 16.6 Å². The zero-order chi connectivity index (χ0) is 14.2. The third-order valence-electron chi connectivity index (χ3n) is 4.73. The van der Waals surface area contributed by atoms with Gasteiger partial charge in [-0.2, -0.15) is 0 Å². The largest absolute Gasteiger partial charge is 0.377 e. The summed E-state index contributed by atoms with van der Waals surface area (Å²) >= 11 is 0. The molecule has 2 N–H and O–H groups in total. The highest BCUT2D eigenvalue weighted by atomic mass is 16.5. The summed E-state index contributed by atoms with van der Waals surface area (Å²) in [5, 5.41) is 0. The van der Waals surface area contributed by atoms with Gasteiger partial charge in [-0.25, -0.2) is 4.98 Å². The number of fused-ring (bicyclic) bond motifs is 1. The summed E-state index contributed by atoms with van der Waals surface area (Å²) in [5.41, 5.74) is 8.54. The van der Waals surface area contributed by atoms with Crippen LogP contribution >= 0.6 is 0 Å². The standard InChI is InChI=1S/C16H23N3O/c1-3-19-13-8-5-4-7-12(13)18-15(19)11-14(17)16(20-2)9-6-10-16/h4-5,7-8,14H,3,6,9-11,17H2,1-2H3. The van der Waals surface area contributed by atoms with Gasteiger partial charge in [-0.3, -0.25) is 0 Å². The molecule has 20 heavy (non-hydrogen) atoms. The van der Waals surface area contributed by atoms with Crippen LogP contribution < -0.4 is 5.73 Å². The van der Waals surface area contributed by atoms with Crippen LogP contribution in [-0.2, 0) is 17.7 Å². The Morgan fingerprint density at radius 2 is 2.15 bits per heavy atom. The molecule has 1 aliphatic rings. The number of nitrogens with zero attached hydrogens (tertiary/aromatic N) is 2. The second kappa shape index (κ2) is 5.19. The molecular weight excluding hydrogens is 250 g/mol. The van der Waals surface area contributed by atoms with Gasteiger partial charge in [0.1, 0.15) is 5.82 Å². The van der Waals surface area contributed by atoms with Gasteiger partial charge in [0, 0.05) is 26.1 Å². The Labute approximate surface area is 119 Å². The van der Waals surface area contributed by atoms with Crippen molar-refractivity contribution in [3.63, 3.8) is 0 Å². The number of aryl methyl sites for hydroxylation is 1. The Kier molecular flexibility index (Phi) is 3.52. The van der Waals surface area contributed by atoms with Crippen molar-refractivity contribution in [3.8, 4) is 0 Å². The van der Waals surface area contributed by atoms with Crippen LogP contribution in [-0.4, -0.2) is 28.3 Å². The lowest BCUT2D eigenvalue weighted by Gasteiger charge is -2.44. The minimum absolute atomic E-state index is 0.0170. The fourth-order valence-corrected chi connectivity index (χ4v) is 3.27. The number of aromatic nitrogens is 2. The lowest BCUT2D eigenvalue weighted by molar-refractivity contribution is -0.0901. The van der Waals surface area contributed by atoms with Gasteiger partial charge in [0.2, 0.25) is 0 Å². The molecule has 108 valence electrons. The Hall–Kier alpha value is -1.39. The van der Waals surface area contributed by atoms with Crippen LogP contribution in [0.5, 0.6) is 0 Å². The molecule has 3 rings (SSSR count). The van der Waals surface area contributed by atoms with Crippen LogP contribution in [0.2, 0.25) is 0 Å². The van der Waals surface area contributed by atoms with E-state index in [2.05, 4.69) is 29.7 Å². The van der Waals surface area contributed by atoms with Gasteiger partial charge in [-0.05, 0) is 38.3 Å². The third-order valence-corrected chi connectivity index (χ3v) is 4.73. The van der Waals surface area contributed by atoms with Crippen LogP contribution in [0.4, 0.5) is 0 Å². The van der Waals surface area contributed by atoms with E-state index in [0.29, 0.717) is 0 Å². The topological polar surface area (TPSA) is 53.1 Å². The summed E-state index contributed by atoms with van der Waals surface area (Å²) in [4.78, 5) is 4.76. The van der Waals surface area contributed by atoms with Gasteiger partial charge in [-0.1, -0.05) is 12.1 Å². The molecule has 0 aliphatic heterocycles. The quantitative estimate of drug-likeness (QED) is 0.910. The number of para-hydroxylation sites is 2. The Morgan fingerprint density at radius 1 is 1.40 bits per heavy atom. The highest BCUT2D eigenvalue weighted by molar-refractivity contribution is 5.75. The summed E-state index contributed by atoms with van der Waals surface area (Å²) in [6, 6.07) is 8.29. The molecular formula is C16H23N3O. The molecule has 2 aromatic rings. The SMILES string of the molecule is CCn1c(CC(N)C2(OC)CCC2)nc2ccccc21. The first kappa shape index (κ1) is 13.6. The first-order chi connectivity index (χ1) is 9.70. The zero-order valence-electron chi connectivity index (χ0n) is 12.3. The summed E-state index contributed by atoms with van der Waals surface area (Å²) in [6.45, 7) is 3.07. The summed E-state index contributed by atoms with van der Waals surface area (Å²) in [7, 11) is 1.78. The molecule has 0 spiro atoms. The van der Waals surface area contributed by atoms with Crippen LogP contribution in [0.3, 0.4) is 0 Å².